The van der Waals surface area contributed by atoms with Gasteiger partial charge in [-0.3, -0.25) is 0 Å². The molecule has 0 unspecified atom stereocenters. The van der Waals surface area contributed by atoms with E-state index in [0.717, 1.165) is 13.0 Å². The first-order chi connectivity index (χ1) is 10.8. The van der Waals surface area contributed by atoms with Crippen LogP contribution in [0.2, 0.25) is 0 Å². The van der Waals surface area contributed by atoms with Crippen LogP contribution in [0.15, 0.2) is 48.5 Å². The molecule has 22 heavy (non-hydrogen) atoms. The second kappa shape index (κ2) is 5.77. The summed E-state index contributed by atoms with van der Waals surface area (Å²) in [5.74, 6) is 0. The molecule has 2 aliphatic rings. The van der Waals surface area contributed by atoms with Gasteiger partial charge in [0.1, 0.15) is 0 Å². The number of para-hydroxylation sites is 1. The van der Waals surface area contributed by atoms with Crippen molar-refractivity contribution >= 4 is 5.69 Å². The van der Waals surface area contributed by atoms with Crippen LogP contribution in [0.5, 0.6) is 0 Å². The van der Waals surface area contributed by atoms with Gasteiger partial charge in [-0.15, -0.1) is 0 Å². The monoisotopic (exact) mass is 292 g/mol. The highest BCUT2D eigenvalue weighted by Crippen LogP contribution is 2.34. The lowest BCUT2D eigenvalue weighted by Crippen LogP contribution is -2.43. The fourth-order valence-electron chi connectivity index (χ4n) is 3.93. The lowest BCUT2D eigenvalue weighted by molar-refractivity contribution is 0.249. The maximum atomic E-state index is 2.67. The standard InChI is InChI=1S/C20H24N2/c1-21-12-10-19(11-13-21)22-15-18-8-3-2-6-16(18)14-17-7-4-5-9-20(17)22/h2-9,19H,10-15H2,1H3. The van der Waals surface area contributed by atoms with Crippen molar-refractivity contribution in [2.75, 3.05) is 25.0 Å². The zero-order chi connectivity index (χ0) is 14.9. The molecule has 0 spiro atoms. The lowest BCUT2D eigenvalue weighted by atomic mass is 10.0. The van der Waals surface area contributed by atoms with E-state index in [1.807, 2.05) is 0 Å². The Kier molecular flexibility index (Phi) is 3.63. The summed E-state index contributed by atoms with van der Waals surface area (Å²) >= 11 is 0. The van der Waals surface area contributed by atoms with Crippen molar-refractivity contribution in [1.29, 1.82) is 0 Å². The number of fused-ring (bicyclic) bond motifs is 2. The molecule has 2 heterocycles. The molecule has 0 radical (unpaired) electrons. The predicted octanol–water partition coefficient (Wildman–Crippen LogP) is 3.69. The Morgan fingerprint density at radius 1 is 0.818 bits per heavy atom. The van der Waals surface area contributed by atoms with Gasteiger partial charge in [0, 0.05) is 18.3 Å². The summed E-state index contributed by atoms with van der Waals surface area (Å²) in [7, 11) is 2.24. The number of benzene rings is 2. The summed E-state index contributed by atoms with van der Waals surface area (Å²) in [4.78, 5) is 5.13. The molecule has 4 rings (SSSR count). The van der Waals surface area contributed by atoms with Gasteiger partial charge in [-0.05, 0) is 62.2 Å². The number of anilines is 1. The maximum Gasteiger partial charge on any atom is 0.0435 e. The van der Waals surface area contributed by atoms with E-state index in [-0.39, 0.29) is 0 Å². The maximum absolute atomic E-state index is 2.67. The van der Waals surface area contributed by atoms with Gasteiger partial charge >= 0.3 is 0 Å². The predicted molar refractivity (Wildman–Crippen MR) is 92.4 cm³/mol. The molecule has 0 aliphatic carbocycles. The Balaban J connectivity index is 1.73. The van der Waals surface area contributed by atoms with E-state index >= 15 is 0 Å². The van der Waals surface area contributed by atoms with E-state index in [0.29, 0.717) is 6.04 Å². The highest BCUT2D eigenvalue weighted by Gasteiger charge is 2.27. The van der Waals surface area contributed by atoms with Gasteiger partial charge in [-0.1, -0.05) is 42.5 Å². The molecule has 0 N–H and O–H groups in total. The first-order valence-corrected chi connectivity index (χ1v) is 8.41. The molecule has 1 fully saturated rings. The van der Waals surface area contributed by atoms with E-state index in [2.05, 4.69) is 65.4 Å². The fraction of sp³-hybridized carbons (Fsp3) is 0.400. The van der Waals surface area contributed by atoms with Crippen LogP contribution in [0.4, 0.5) is 5.69 Å². The van der Waals surface area contributed by atoms with Gasteiger partial charge in [0.15, 0.2) is 0 Å². The molecular weight excluding hydrogens is 268 g/mol. The molecule has 2 nitrogen and oxygen atoms in total. The van der Waals surface area contributed by atoms with Crippen LogP contribution >= 0.6 is 0 Å². The first-order valence-electron chi connectivity index (χ1n) is 8.41. The Labute approximate surface area is 133 Å². The van der Waals surface area contributed by atoms with Crippen molar-refractivity contribution in [1.82, 2.24) is 4.90 Å². The summed E-state index contributed by atoms with van der Waals surface area (Å²) in [6.45, 7) is 3.48. The minimum Gasteiger partial charge on any atom is -0.364 e. The summed E-state index contributed by atoms with van der Waals surface area (Å²) < 4.78 is 0. The van der Waals surface area contributed by atoms with Gasteiger partial charge in [0.2, 0.25) is 0 Å². The molecule has 2 heteroatoms. The van der Waals surface area contributed by atoms with Crippen LogP contribution in [0.1, 0.15) is 29.5 Å². The molecule has 2 aliphatic heterocycles. The molecule has 114 valence electrons. The third-order valence-corrected chi connectivity index (χ3v) is 5.27. The molecule has 1 saturated heterocycles. The lowest BCUT2D eigenvalue weighted by Gasteiger charge is -2.39. The van der Waals surface area contributed by atoms with Crippen LogP contribution < -0.4 is 4.90 Å². The molecular formula is C20H24N2. The third kappa shape index (κ3) is 2.52. The van der Waals surface area contributed by atoms with Crippen LogP contribution in [0, 0.1) is 0 Å². The van der Waals surface area contributed by atoms with Gasteiger partial charge in [0.05, 0.1) is 0 Å². The highest BCUT2D eigenvalue weighted by atomic mass is 15.2. The summed E-state index contributed by atoms with van der Waals surface area (Å²) in [6, 6.07) is 18.6. The molecule has 2 aromatic rings. The number of hydrogen-bond acceptors (Lipinski definition) is 2. The van der Waals surface area contributed by atoms with Crippen molar-refractivity contribution in [3.63, 3.8) is 0 Å². The summed E-state index contributed by atoms with van der Waals surface area (Å²) in [5, 5.41) is 0. The highest BCUT2D eigenvalue weighted by molar-refractivity contribution is 5.59. The van der Waals surface area contributed by atoms with E-state index in [9.17, 15) is 0 Å². The van der Waals surface area contributed by atoms with Crippen LogP contribution in [-0.2, 0) is 13.0 Å². The SMILES string of the molecule is CN1CCC(N2Cc3ccccc3Cc3ccccc32)CC1. The number of hydrogen-bond donors (Lipinski definition) is 0. The first kappa shape index (κ1) is 13.8. The van der Waals surface area contributed by atoms with Crippen LogP contribution in [0.3, 0.4) is 0 Å². The van der Waals surface area contributed by atoms with Gasteiger partial charge < -0.3 is 9.80 Å². The van der Waals surface area contributed by atoms with Crippen LogP contribution in [-0.4, -0.2) is 31.1 Å². The van der Waals surface area contributed by atoms with E-state index in [4.69, 9.17) is 0 Å². The number of piperidine rings is 1. The zero-order valence-corrected chi connectivity index (χ0v) is 13.3. The molecule has 0 atom stereocenters. The van der Waals surface area contributed by atoms with Crippen molar-refractivity contribution < 1.29 is 0 Å². The quantitative estimate of drug-likeness (QED) is 0.791. The largest absolute Gasteiger partial charge is 0.364 e. The van der Waals surface area contributed by atoms with Crippen molar-refractivity contribution in [3.05, 3.63) is 65.2 Å². The van der Waals surface area contributed by atoms with Crippen molar-refractivity contribution in [3.8, 4) is 0 Å². The van der Waals surface area contributed by atoms with Crippen LogP contribution in [0.25, 0.3) is 0 Å². The molecule has 0 aromatic heterocycles. The average Bonchev–Trinajstić information content (AvgIpc) is 2.72. The topological polar surface area (TPSA) is 6.48 Å². The minimum absolute atomic E-state index is 0.670. The Bertz CT molecular complexity index is 656. The molecule has 2 aromatic carbocycles. The smallest absolute Gasteiger partial charge is 0.0435 e. The van der Waals surface area contributed by atoms with E-state index < -0.39 is 0 Å². The summed E-state index contributed by atoms with van der Waals surface area (Å²) in [5.41, 5.74) is 5.92. The Morgan fingerprint density at radius 3 is 2.23 bits per heavy atom. The molecule has 0 saturated carbocycles. The Morgan fingerprint density at radius 2 is 1.45 bits per heavy atom. The number of nitrogens with zero attached hydrogens (tertiary/aromatic N) is 2. The number of likely N-dealkylation sites (tertiary alicyclic amines) is 1. The Hall–Kier alpha value is -1.80. The fourth-order valence-corrected chi connectivity index (χ4v) is 3.93. The normalized spacial score (nSPS) is 19.4. The second-order valence-electron chi connectivity index (χ2n) is 6.74. The van der Waals surface area contributed by atoms with E-state index in [1.54, 1.807) is 0 Å². The summed E-state index contributed by atoms with van der Waals surface area (Å²) in [6.07, 6.45) is 3.61. The van der Waals surface area contributed by atoms with Crippen molar-refractivity contribution in [2.24, 2.45) is 0 Å². The zero-order valence-electron chi connectivity index (χ0n) is 13.3. The average molecular weight is 292 g/mol. The van der Waals surface area contributed by atoms with E-state index in [1.165, 1.54) is 48.3 Å². The van der Waals surface area contributed by atoms with Gasteiger partial charge in [-0.25, -0.2) is 0 Å². The number of rotatable bonds is 1. The second-order valence-corrected chi connectivity index (χ2v) is 6.74. The minimum atomic E-state index is 0.670. The third-order valence-electron chi connectivity index (χ3n) is 5.27. The van der Waals surface area contributed by atoms with Gasteiger partial charge in [0.25, 0.3) is 0 Å². The van der Waals surface area contributed by atoms with Crippen molar-refractivity contribution in [2.45, 2.75) is 31.8 Å². The molecule has 0 bridgehead atoms. The molecule has 0 amide bonds. The van der Waals surface area contributed by atoms with Gasteiger partial charge in [-0.2, -0.15) is 0 Å².